The summed E-state index contributed by atoms with van der Waals surface area (Å²) in [6.07, 6.45) is 3.13. The molecular formula is C17H25Cl2N3O3S. The molecule has 1 aliphatic rings. The van der Waals surface area contributed by atoms with E-state index in [1.165, 1.54) is 12.1 Å². The van der Waals surface area contributed by atoms with Gasteiger partial charge in [0, 0.05) is 6.04 Å². The molecule has 0 saturated carbocycles. The number of anilines is 1. The normalized spacial score (nSPS) is 17.7. The quantitative estimate of drug-likeness (QED) is 0.766. The molecule has 1 heterocycles. The van der Waals surface area contributed by atoms with Crippen LogP contribution in [0.5, 0.6) is 0 Å². The van der Waals surface area contributed by atoms with Gasteiger partial charge in [0.05, 0.1) is 22.0 Å². The molecule has 0 radical (unpaired) electrons. The van der Waals surface area contributed by atoms with Gasteiger partial charge >= 0.3 is 0 Å². The van der Waals surface area contributed by atoms with E-state index in [9.17, 15) is 13.2 Å². The summed E-state index contributed by atoms with van der Waals surface area (Å²) in [5, 5.41) is 3.57. The summed E-state index contributed by atoms with van der Waals surface area (Å²) in [7, 11) is -1.65. The van der Waals surface area contributed by atoms with E-state index >= 15 is 0 Å². The third-order valence-electron chi connectivity index (χ3n) is 4.55. The van der Waals surface area contributed by atoms with Crippen LogP contribution in [0.15, 0.2) is 18.2 Å². The van der Waals surface area contributed by atoms with Gasteiger partial charge in [-0.2, -0.15) is 0 Å². The third kappa shape index (κ3) is 5.25. The molecule has 1 aromatic carbocycles. The lowest BCUT2D eigenvalue weighted by Crippen LogP contribution is -2.53. The Labute approximate surface area is 165 Å². The van der Waals surface area contributed by atoms with Crippen molar-refractivity contribution >= 4 is 44.8 Å². The minimum Gasteiger partial charge on any atom is -0.351 e. The Hall–Kier alpha value is -1.02. The number of benzene rings is 1. The van der Waals surface area contributed by atoms with Crippen molar-refractivity contribution in [2.75, 3.05) is 30.7 Å². The van der Waals surface area contributed by atoms with Crippen LogP contribution < -0.4 is 9.62 Å². The molecule has 1 saturated heterocycles. The van der Waals surface area contributed by atoms with Gasteiger partial charge < -0.3 is 10.2 Å². The van der Waals surface area contributed by atoms with Crippen LogP contribution in [0.2, 0.25) is 10.0 Å². The number of halogens is 2. The van der Waals surface area contributed by atoms with E-state index in [0.29, 0.717) is 17.1 Å². The zero-order chi connectivity index (χ0) is 19.5. The van der Waals surface area contributed by atoms with E-state index in [4.69, 9.17) is 23.2 Å². The molecule has 0 spiro atoms. The number of nitrogens with zero attached hydrogens (tertiary/aromatic N) is 2. The molecule has 0 bridgehead atoms. The molecule has 2 rings (SSSR count). The number of carbonyl (C=O) groups excluding carboxylic acids is 1. The van der Waals surface area contributed by atoms with Crippen molar-refractivity contribution in [1.29, 1.82) is 0 Å². The van der Waals surface area contributed by atoms with E-state index in [1.54, 1.807) is 13.0 Å². The Morgan fingerprint density at radius 1 is 1.31 bits per heavy atom. The molecule has 0 aliphatic carbocycles. The first-order valence-corrected chi connectivity index (χ1v) is 11.2. The van der Waals surface area contributed by atoms with Gasteiger partial charge in [0.25, 0.3) is 0 Å². The zero-order valence-electron chi connectivity index (χ0n) is 15.2. The van der Waals surface area contributed by atoms with Crippen LogP contribution in [0.4, 0.5) is 5.69 Å². The topological polar surface area (TPSA) is 69.7 Å². The van der Waals surface area contributed by atoms with Crippen molar-refractivity contribution in [3.8, 4) is 0 Å². The van der Waals surface area contributed by atoms with Crippen molar-refractivity contribution in [3.63, 3.8) is 0 Å². The van der Waals surface area contributed by atoms with Crippen molar-refractivity contribution in [3.05, 3.63) is 28.2 Å². The molecular weight excluding hydrogens is 397 g/mol. The van der Waals surface area contributed by atoms with E-state index < -0.39 is 16.1 Å². The number of amides is 1. The number of sulfonamides is 1. The minimum absolute atomic E-state index is 0.0583. The lowest BCUT2D eigenvalue weighted by Gasteiger charge is -2.34. The van der Waals surface area contributed by atoms with Gasteiger partial charge in [-0.1, -0.05) is 30.1 Å². The first-order valence-electron chi connectivity index (χ1n) is 8.56. The molecule has 0 unspecified atom stereocenters. The number of likely N-dealkylation sites (tertiary alicyclic amines) is 1. The highest BCUT2D eigenvalue weighted by molar-refractivity contribution is 7.92. The largest absolute Gasteiger partial charge is 0.351 e. The summed E-state index contributed by atoms with van der Waals surface area (Å²) in [5.74, 6) is -0.293. The van der Waals surface area contributed by atoms with E-state index in [-0.39, 0.29) is 17.0 Å². The number of carbonyl (C=O) groups is 1. The molecule has 26 heavy (non-hydrogen) atoms. The summed E-state index contributed by atoms with van der Waals surface area (Å²) in [4.78, 5) is 15.1. The first kappa shape index (κ1) is 21.3. The van der Waals surface area contributed by atoms with E-state index in [1.807, 2.05) is 7.05 Å². The summed E-state index contributed by atoms with van der Waals surface area (Å²) in [5.41, 5.74) is 0.326. The highest BCUT2D eigenvalue weighted by Gasteiger charge is 2.33. The highest BCUT2D eigenvalue weighted by Crippen LogP contribution is 2.30. The first-order chi connectivity index (χ1) is 12.1. The van der Waals surface area contributed by atoms with Crippen LogP contribution in [-0.4, -0.2) is 57.7 Å². The van der Waals surface area contributed by atoms with Crippen LogP contribution in [-0.2, 0) is 14.8 Å². The second kappa shape index (κ2) is 8.78. The summed E-state index contributed by atoms with van der Waals surface area (Å²) >= 11 is 12.0. The fourth-order valence-corrected chi connectivity index (χ4v) is 4.63. The second-order valence-corrected chi connectivity index (χ2v) is 9.34. The molecule has 1 fully saturated rings. The smallest absolute Gasteiger partial charge is 0.244 e. The maximum atomic E-state index is 12.8. The van der Waals surface area contributed by atoms with Gasteiger partial charge in [0.1, 0.15) is 6.04 Å². The maximum Gasteiger partial charge on any atom is 0.244 e. The fraction of sp³-hybridized carbons (Fsp3) is 0.588. The van der Waals surface area contributed by atoms with Gasteiger partial charge in [-0.05, 0) is 57.6 Å². The molecule has 6 nitrogen and oxygen atoms in total. The van der Waals surface area contributed by atoms with Crippen molar-refractivity contribution in [2.24, 2.45) is 0 Å². The monoisotopic (exact) mass is 421 g/mol. The second-order valence-electron chi connectivity index (χ2n) is 6.67. The molecule has 1 N–H and O–H groups in total. The van der Waals surface area contributed by atoms with Crippen LogP contribution >= 0.6 is 23.2 Å². The third-order valence-corrected chi connectivity index (χ3v) is 6.47. The van der Waals surface area contributed by atoms with Crippen LogP contribution in [0.3, 0.4) is 0 Å². The maximum absolute atomic E-state index is 12.8. The van der Waals surface area contributed by atoms with Crippen molar-refractivity contribution in [2.45, 2.75) is 38.3 Å². The van der Waals surface area contributed by atoms with Crippen LogP contribution in [0.25, 0.3) is 0 Å². The Morgan fingerprint density at radius 2 is 1.92 bits per heavy atom. The number of hydrogen-bond acceptors (Lipinski definition) is 4. The Bertz CT molecular complexity index is 750. The molecule has 1 aliphatic heterocycles. The number of rotatable bonds is 6. The standard InChI is InChI=1S/C17H25Cl2N3O3S/c1-4-16(17(23)20-12-7-9-21(2)10-8-12)22(26(3,24)25)13-5-6-14(18)15(19)11-13/h5-6,11-12,16H,4,7-10H2,1-3H3,(H,20,23)/t16-/m1/s1. The van der Waals surface area contributed by atoms with Gasteiger partial charge in [0.2, 0.25) is 15.9 Å². The summed E-state index contributed by atoms with van der Waals surface area (Å²) in [6, 6.07) is 3.76. The Kier molecular flexibility index (Phi) is 7.19. The number of nitrogens with one attached hydrogen (secondary N) is 1. The lowest BCUT2D eigenvalue weighted by atomic mass is 10.0. The van der Waals surface area contributed by atoms with Crippen molar-refractivity contribution < 1.29 is 13.2 Å². The average Bonchev–Trinajstić information content (AvgIpc) is 2.56. The SMILES string of the molecule is CC[C@H](C(=O)NC1CCN(C)CC1)N(c1ccc(Cl)c(Cl)c1)S(C)(=O)=O. The Balaban J connectivity index is 2.26. The number of piperidine rings is 1. The van der Waals surface area contributed by atoms with Crippen molar-refractivity contribution in [1.82, 2.24) is 10.2 Å². The zero-order valence-corrected chi connectivity index (χ0v) is 17.5. The number of hydrogen-bond donors (Lipinski definition) is 1. The van der Waals surface area contributed by atoms with Gasteiger partial charge in [-0.15, -0.1) is 0 Å². The highest BCUT2D eigenvalue weighted by atomic mass is 35.5. The molecule has 1 amide bonds. The van der Waals surface area contributed by atoms with Gasteiger partial charge in [-0.25, -0.2) is 8.42 Å². The molecule has 1 aromatic rings. The molecule has 9 heteroatoms. The van der Waals surface area contributed by atoms with Gasteiger partial charge in [-0.3, -0.25) is 9.10 Å². The van der Waals surface area contributed by atoms with Crippen LogP contribution in [0, 0.1) is 0 Å². The van der Waals surface area contributed by atoms with Gasteiger partial charge in [0.15, 0.2) is 0 Å². The lowest BCUT2D eigenvalue weighted by molar-refractivity contribution is -0.123. The Morgan fingerprint density at radius 3 is 2.42 bits per heavy atom. The van der Waals surface area contributed by atoms with Crippen LogP contribution in [0.1, 0.15) is 26.2 Å². The molecule has 1 atom stereocenters. The predicted molar refractivity (Wildman–Crippen MR) is 107 cm³/mol. The summed E-state index contributed by atoms with van der Waals surface area (Å²) < 4.78 is 26.0. The molecule has 0 aromatic heterocycles. The minimum atomic E-state index is -3.69. The predicted octanol–water partition coefficient (Wildman–Crippen LogP) is 2.75. The molecule has 146 valence electrons. The fourth-order valence-electron chi connectivity index (χ4n) is 3.13. The van der Waals surface area contributed by atoms with E-state index in [2.05, 4.69) is 10.2 Å². The average molecular weight is 422 g/mol. The van der Waals surface area contributed by atoms with E-state index in [0.717, 1.165) is 36.5 Å². The summed E-state index contributed by atoms with van der Waals surface area (Å²) in [6.45, 7) is 3.60.